The summed E-state index contributed by atoms with van der Waals surface area (Å²) in [6.45, 7) is 10.8. The standard InChI is InChI=1S/C31H28Cl4FN7O2/c1-5-19(44)41-8-10-42(11-9-41)29-16-12-18(32)27(20-21(33)22(34)23(35)24(36)25(20)38)40-30(16)43(31(45)17(29)13-37)28-15(4)6-7-39-26(28)14(2)3/h5-7,12,14,31,45H,1,8-11,38H2,2-4H3. The lowest BCUT2D eigenvalue weighted by Gasteiger charge is -2.43. The smallest absolute Gasteiger partial charge is 0.246 e. The van der Waals surface area contributed by atoms with Gasteiger partial charge in [0, 0.05) is 43.5 Å². The number of aryl methyl sites for hydroxylation is 1. The summed E-state index contributed by atoms with van der Waals surface area (Å²) in [4.78, 5) is 26.8. The van der Waals surface area contributed by atoms with Gasteiger partial charge in [0.05, 0.1) is 48.6 Å². The molecule has 1 atom stereocenters. The van der Waals surface area contributed by atoms with Crippen molar-refractivity contribution >= 4 is 75.2 Å². The minimum Gasteiger partial charge on any atom is -0.396 e. The predicted molar refractivity (Wildman–Crippen MR) is 176 cm³/mol. The van der Waals surface area contributed by atoms with E-state index in [0.717, 1.165) is 5.56 Å². The van der Waals surface area contributed by atoms with E-state index in [0.29, 0.717) is 48.8 Å². The molecule has 0 spiro atoms. The molecule has 5 rings (SSSR count). The molecule has 1 aromatic carbocycles. The summed E-state index contributed by atoms with van der Waals surface area (Å²) in [6.07, 6.45) is 1.41. The van der Waals surface area contributed by atoms with Crippen LogP contribution in [0.5, 0.6) is 0 Å². The largest absolute Gasteiger partial charge is 0.396 e. The highest BCUT2D eigenvalue weighted by molar-refractivity contribution is 6.50. The van der Waals surface area contributed by atoms with Crippen molar-refractivity contribution in [1.82, 2.24) is 19.8 Å². The van der Waals surface area contributed by atoms with E-state index in [1.165, 1.54) is 11.0 Å². The molecule has 3 aromatic rings. The summed E-state index contributed by atoms with van der Waals surface area (Å²) in [7, 11) is 0. The second-order valence-electron chi connectivity index (χ2n) is 10.9. The Labute approximate surface area is 279 Å². The summed E-state index contributed by atoms with van der Waals surface area (Å²) >= 11 is 25.7. The van der Waals surface area contributed by atoms with E-state index in [9.17, 15) is 15.2 Å². The Bertz CT molecular complexity index is 1790. The number of halogens is 5. The van der Waals surface area contributed by atoms with Crippen LogP contribution in [0.15, 0.2) is 36.6 Å². The van der Waals surface area contributed by atoms with E-state index in [4.69, 9.17) is 57.1 Å². The number of nitrogens with zero attached hydrogens (tertiary/aromatic N) is 6. The fourth-order valence-electron chi connectivity index (χ4n) is 5.67. The number of hydrogen-bond acceptors (Lipinski definition) is 8. The van der Waals surface area contributed by atoms with E-state index >= 15 is 4.39 Å². The number of hydrogen-bond donors (Lipinski definition) is 2. The van der Waals surface area contributed by atoms with Crippen molar-refractivity contribution in [2.45, 2.75) is 32.9 Å². The molecular formula is C31H28Cl4FN7O2. The zero-order valence-corrected chi connectivity index (χ0v) is 27.5. The number of rotatable bonds is 5. The van der Waals surface area contributed by atoms with E-state index in [2.05, 4.69) is 17.6 Å². The molecule has 14 heteroatoms. The lowest BCUT2D eigenvalue weighted by molar-refractivity contribution is -0.127. The highest BCUT2D eigenvalue weighted by Crippen LogP contribution is 2.50. The first-order valence-corrected chi connectivity index (χ1v) is 15.4. The van der Waals surface area contributed by atoms with E-state index in [-0.39, 0.29) is 49.5 Å². The molecule has 0 saturated carbocycles. The summed E-state index contributed by atoms with van der Waals surface area (Å²) in [6, 6.07) is 5.55. The maximum absolute atomic E-state index is 15.1. The Morgan fingerprint density at radius 3 is 2.47 bits per heavy atom. The topological polar surface area (TPSA) is 123 Å². The molecule has 2 aromatic heterocycles. The number of nitrogen functional groups attached to an aromatic ring is 1. The van der Waals surface area contributed by atoms with Gasteiger partial charge in [-0.15, -0.1) is 0 Å². The number of fused-ring (bicyclic) bond motifs is 1. The van der Waals surface area contributed by atoms with Gasteiger partial charge in [-0.25, -0.2) is 9.37 Å². The van der Waals surface area contributed by atoms with Gasteiger partial charge in [-0.1, -0.05) is 66.8 Å². The molecule has 0 aliphatic carbocycles. The summed E-state index contributed by atoms with van der Waals surface area (Å²) in [5.41, 5.74) is 8.46. The maximum Gasteiger partial charge on any atom is 0.246 e. The van der Waals surface area contributed by atoms with Crippen molar-refractivity contribution in [1.29, 1.82) is 5.26 Å². The van der Waals surface area contributed by atoms with E-state index in [1.807, 2.05) is 25.7 Å². The second-order valence-corrected chi connectivity index (χ2v) is 12.4. The molecule has 2 aliphatic heterocycles. The highest BCUT2D eigenvalue weighted by atomic mass is 35.5. The third-order valence-electron chi connectivity index (χ3n) is 7.88. The van der Waals surface area contributed by atoms with Gasteiger partial charge < -0.3 is 20.6 Å². The van der Waals surface area contributed by atoms with Crippen LogP contribution in [-0.4, -0.2) is 63.2 Å². The van der Waals surface area contributed by atoms with Crippen molar-refractivity contribution in [3.05, 3.63) is 79.3 Å². The molecule has 9 nitrogen and oxygen atoms in total. The number of aliphatic hydroxyl groups excluding tert-OH is 1. The molecule has 3 N–H and O–H groups in total. The third kappa shape index (κ3) is 5.47. The fraction of sp³-hybridized carbons (Fsp3) is 0.290. The molecule has 1 fully saturated rings. The minimum absolute atomic E-state index is 0.0126. The molecule has 45 heavy (non-hydrogen) atoms. The van der Waals surface area contributed by atoms with Crippen LogP contribution in [0.4, 0.5) is 21.6 Å². The molecule has 1 amide bonds. The average molecular weight is 691 g/mol. The van der Waals surface area contributed by atoms with Gasteiger partial charge in [-0.2, -0.15) is 5.26 Å². The maximum atomic E-state index is 15.1. The number of piperazine rings is 1. The molecule has 1 saturated heterocycles. The van der Waals surface area contributed by atoms with Gasteiger partial charge >= 0.3 is 0 Å². The van der Waals surface area contributed by atoms with Crippen LogP contribution in [0.2, 0.25) is 20.1 Å². The monoisotopic (exact) mass is 689 g/mol. The zero-order chi connectivity index (χ0) is 32.9. The SMILES string of the molecule is C=CC(=O)N1CCN(C2=C(C#N)C(O)N(c3c(C)ccnc3C(C)C)c3nc(-c4c(N)c(F)c(Cl)c(Cl)c4Cl)c(Cl)cc32)CC1. The van der Waals surface area contributed by atoms with Crippen LogP contribution < -0.4 is 10.6 Å². The summed E-state index contributed by atoms with van der Waals surface area (Å²) in [5, 5.41) is 21.6. The Morgan fingerprint density at radius 1 is 1.20 bits per heavy atom. The molecule has 1 unspecified atom stereocenters. The lowest BCUT2D eigenvalue weighted by atomic mass is 9.94. The van der Waals surface area contributed by atoms with Crippen LogP contribution in [-0.2, 0) is 4.79 Å². The first kappa shape index (κ1) is 32.8. The Balaban J connectivity index is 1.82. The van der Waals surface area contributed by atoms with E-state index < -0.39 is 22.8 Å². The number of carbonyl (C=O) groups is 1. The van der Waals surface area contributed by atoms with Crippen LogP contribution >= 0.6 is 46.4 Å². The first-order valence-electron chi connectivity index (χ1n) is 13.9. The number of aromatic nitrogens is 2. The molecular weight excluding hydrogens is 663 g/mol. The summed E-state index contributed by atoms with van der Waals surface area (Å²) in [5.74, 6) is -1.08. The number of nitrogens with two attached hydrogens (primary N) is 1. The van der Waals surface area contributed by atoms with Gasteiger partial charge in [0.1, 0.15) is 17.5 Å². The third-order valence-corrected chi connectivity index (χ3v) is 9.47. The Morgan fingerprint density at radius 2 is 1.87 bits per heavy atom. The van der Waals surface area contributed by atoms with Gasteiger partial charge in [0.25, 0.3) is 0 Å². The van der Waals surface area contributed by atoms with Crippen LogP contribution in [0.3, 0.4) is 0 Å². The van der Waals surface area contributed by atoms with Crippen molar-refractivity contribution in [3.8, 4) is 17.3 Å². The van der Waals surface area contributed by atoms with Gasteiger partial charge in [0.2, 0.25) is 5.91 Å². The van der Waals surface area contributed by atoms with Crippen LogP contribution in [0.25, 0.3) is 17.0 Å². The quantitative estimate of drug-likeness (QED) is 0.128. The van der Waals surface area contributed by atoms with Crippen molar-refractivity contribution in [3.63, 3.8) is 0 Å². The van der Waals surface area contributed by atoms with Crippen molar-refractivity contribution < 1.29 is 14.3 Å². The van der Waals surface area contributed by atoms with Crippen molar-refractivity contribution in [2.24, 2.45) is 0 Å². The van der Waals surface area contributed by atoms with Crippen LogP contribution in [0.1, 0.15) is 36.6 Å². The molecule has 234 valence electrons. The van der Waals surface area contributed by atoms with Crippen LogP contribution in [0, 0.1) is 24.1 Å². The first-order chi connectivity index (χ1) is 21.3. The average Bonchev–Trinajstić information content (AvgIpc) is 3.02. The number of aliphatic hydroxyl groups is 1. The van der Waals surface area contributed by atoms with Gasteiger partial charge in [-0.05, 0) is 36.6 Å². The Kier molecular flexibility index (Phi) is 9.23. The number of pyridine rings is 2. The molecule has 2 aliphatic rings. The number of benzene rings is 1. The molecule has 0 bridgehead atoms. The molecule has 4 heterocycles. The number of nitriles is 1. The van der Waals surface area contributed by atoms with Crippen molar-refractivity contribution in [2.75, 3.05) is 36.8 Å². The predicted octanol–water partition coefficient (Wildman–Crippen LogP) is 6.95. The Hall–Kier alpha value is -3.59. The van der Waals surface area contributed by atoms with Gasteiger partial charge in [-0.3, -0.25) is 14.7 Å². The number of carbonyl (C=O) groups excluding carboxylic acids is 1. The zero-order valence-electron chi connectivity index (χ0n) is 24.5. The number of amides is 1. The normalized spacial score (nSPS) is 16.6. The highest BCUT2D eigenvalue weighted by Gasteiger charge is 2.40. The second kappa shape index (κ2) is 12.7. The van der Waals surface area contributed by atoms with E-state index in [1.54, 1.807) is 23.2 Å². The fourth-order valence-corrected chi connectivity index (χ4v) is 6.63. The van der Waals surface area contributed by atoms with Gasteiger partial charge in [0.15, 0.2) is 12.0 Å². The summed E-state index contributed by atoms with van der Waals surface area (Å²) < 4.78 is 15.1. The minimum atomic E-state index is -1.51. The number of anilines is 3. The lowest BCUT2D eigenvalue weighted by Crippen LogP contribution is -2.49. The molecule has 0 radical (unpaired) electrons.